The van der Waals surface area contributed by atoms with Crippen LogP contribution >= 0.6 is 11.3 Å². The summed E-state index contributed by atoms with van der Waals surface area (Å²) in [5, 5.41) is 7.58. The number of rotatable bonds is 7. The fourth-order valence-corrected chi connectivity index (χ4v) is 3.82. The summed E-state index contributed by atoms with van der Waals surface area (Å²) in [6, 6.07) is 12.1. The van der Waals surface area contributed by atoms with Crippen LogP contribution in [-0.2, 0) is 11.2 Å². The van der Waals surface area contributed by atoms with Crippen molar-refractivity contribution in [3.05, 3.63) is 71.5 Å². The molecule has 31 heavy (non-hydrogen) atoms. The molecule has 0 bridgehead atoms. The molecule has 4 rings (SSSR count). The van der Waals surface area contributed by atoms with Crippen LogP contribution in [0.1, 0.15) is 16.1 Å². The molecule has 2 heterocycles. The maximum absolute atomic E-state index is 12.6. The molecular formula is C22H20N4O4S. The highest BCUT2D eigenvalue weighted by atomic mass is 32.1. The van der Waals surface area contributed by atoms with E-state index >= 15 is 0 Å². The average molecular weight is 436 g/mol. The van der Waals surface area contributed by atoms with E-state index in [1.54, 1.807) is 36.4 Å². The quantitative estimate of drug-likeness (QED) is 0.459. The molecule has 0 atom stereocenters. The summed E-state index contributed by atoms with van der Waals surface area (Å²) < 4.78 is 12.7. The summed E-state index contributed by atoms with van der Waals surface area (Å²) >= 11 is 1.50. The highest BCUT2D eigenvalue weighted by molar-refractivity contribution is 7.15. The molecule has 2 aromatic heterocycles. The van der Waals surface area contributed by atoms with Gasteiger partial charge in [0.1, 0.15) is 11.5 Å². The fraction of sp³-hybridized carbons (Fsp3) is 0.136. The molecule has 2 aromatic carbocycles. The molecule has 0 aliphatic rings. The molecule has 0 fully saturated rings. The van der Waals surface area contributed by atoms with E-state index in [-0.39, 0.29) is 18.2 Å². The van der Waals surface area contributed by atoms with Crippen molar-refractivity contribution in [2.75, 3.05) is 24.9 Å². The number of methoxy groups -OCH3 is 2. The molecule has 0 radical (unpaired) electrons. The minimum absolute atomic E-state index is 0.117. The lowest BCUT2D eigenvalue weighted by atomic mass is 10.2. The largest absolute Gasteiger partial charge is 0.494 e. The van der Waals surface area contributed by atoms with Gasteiger partial charge in [0, 0.05) is 35.5 Å². The van der Waals surface area contributed by atoms with Gasteiger partial charge in [0.05, 0.1) is 37.7 Å². The number of nitrogens with one attached hydrogen (secondary N) is 2. The van der Waals surface area contributed by atoms with E-state index in [1.807, 2.05) is 28.2 Å². The zero-order valence-electron chi connectivity index (χ0n) is 16.9. The third-order valence-corrected chi connectivity index (χ3v) is 5.34. The second kappa shape index (κ2) is 8.88. The van der Waals surface area contributed by atoms with Gasteiger partial charge in [-0.3, -0.25) is 14.0 Å². The third-order valence-electron chi connectivity index (χ3n) is 4.56. The van der Waals surface area contributed by atoms with Crippen molar-refractivity contribution in [2.45, 2.75) is 6.42 Å². The Balaban J connectivity index is 1.52. The van der Waals surface area contributed by atoms with Crippen molar-refractivity contribution in [1.82, 2.24) is 9.38 Å². The molecule has 8 nitrogen and oxygen atoms in total. The number of hydrogen-bond acceptors (Lipinski definition) is 6. The van der Waals surface area contributed by atoms with Crippen molar-refractivity contribution in [3.8, 4) is 11.5 Å². The predicted octanol–water partition coefficient (Wildman–Crippen LogP) is 3.85. The average Bonchev–Trinajstić information content (AvgIpc) is 3.36. The molecule has 0 spiro atoms. The summed E-state index contributed by atoms with van der Waals surface area (Å²) in [6.45, 7) is 0. The van der Waals surface area contributed by atoms with Crippen LogP contribution in [0.5, 0.6) is 11.5 Å². The topological polar surface area (TPSA) is 94.0 Å². The Morgan fingerprint density at radius 1 is 1.03 bits per heavy atom. The van der Waals surface area contributed by atoms with E-state index in [2.05, 4.69) is 15.6 Å². The summed E-state index contributed by atoms with van der Waals surface area (Å²) in [4.78, 5) is 30.3. The first-order chi connectivity index (χ1) is 15.1. The maximum atomic E-state index is 12.6. The SMILES string of the molecule is COc1cc(NC(=O)c2ccccc2)c(OC)cc1NC(=O)Cc1cn2ccsc2n1. The Morgan fingerprint density at radius 3 is 2.35 bits per heavy atom. The number of benzene rings is 2. The van der Waals surface area contributed by atoms with Crippen molar-refractivity contribution in [3.63, 3.8) is 0 Å². The van der Waals surface area contributed by atoms with E-state index in [0.717, 1.165) is 4.96 Å². The first-order valence-corrected chi connectivity index (χ1v) is 10.3. The number of nitrogens with zero attached hydrogens (tertiary/aromatic N) is 2. The van der Waals surface area contributed by atoms with Crippen LogP contribution in [-0.4, -0.2) is 35.4 Å². The lowest BCUT2D eigenvalue weighted by Crippen LogP contribution is -2.16. The Kier molecular flexibility index (Phi) is 5.85. The molecule has 0 saturated heterocycles. The Labute approximate surface area is 182 Å². The zero-order valence-corrected chi connectivity index (χ0v) is 17.7. The predicted molar refractivity (Wildman–Crippen MR) is 119 cm³/mol. The summed E-state index contributed by atoms with van der Waals surface area (Å²) in [7, 11) is 2.98. The van der Waals surface area contributed by atoms with Gasteiger partial charge in [0.25, 0.3) is 5.91 Å². The van der Waals surface area contributed by atoms with Gasteiger partial charge >= 0.3 is 0 Å². The second-order valence-corrected chi connectivity index (χ2v) is 7.50. The summed E-state index contributed by atoms with van der Waals surface area (Å²) in [5.41, 5.74) is 2.05. The van der Waals surface area contributed by atoms with E-state index in [4.69, 9.17) is 9.47 Å². The van der Waals surface area contributed by atoms with Gasteiger partial charge < -0.3 is 20.1 Å². The van der Waals surface area contributed by atoms with Gasteiger partial charge in [-0.1, -0.05) is 18.2 Å². The van der Waals surface area contributed by atoms with Gasteiger partial charge in [-0.15, -0.1) is 11.3 Å². The van der Waals surface area contributed by atoms with E-state index in [9.17, 15) is 9.59 Å². The second-order valence-electron chi connectivity index (χ2n) is 6.62. The molecule has 0 aliphatic heterocycles. The fourth-order valence-electron chi connectivity index (χ4n) is 3.10. The minimum Gasteiger partial charge on any atom is -0.494 e. The van der Waals surface area contributed by atoms with Gasteiger partial charge in [-0.25, -0.2) is 4.98 Å². The van der Waals surface area contributed by atoms with Crippen LogP contribution in [0.4, 0.5) is 11.4 Å². The van der Waals surface area contributed by atoms with Crippen LogP contribution in [0.15, 0.2) is 60.2 Å². The Hall–Kier alpha value is -3.85. The van der Waals surface area contributed by atoms with Crippen molar-refractivity contribution in [1.29, 1.82) is 0 Å². The molecule has 158 valence electrons. The molecule has 4 aromatic rings. The number of anilines is 2. The van der Waals surface area contributed by atoms with E-state index < -0.39 is 0 Å². The number of carbonyl (C=O) groups excluding carboxylic acids is 2. The highest BCUT2D eigenvalue weighted by Crippen LogP contribution is 2.36. The molecule has 2 amide bonds. The van der Waals surface area contributed by atoms with Crippen molar-refractivity contribution < 1.29 is 19.1 Å². The molecule has 0 saturated carbocycles. The smallest absolute Gasteiger partial charge is 0.255 e. The number of fused-ring (bicyclic) bond motifs is 1. The van der Waals surface area contributed by atoms with Crippen LogP contribution in [0.2, 0.25) is 0 Å². The number of thiazole rings is 1. The molecular weight excluding hydrogens is 416 g/mol. The molecule has 0 unspecified atom stereocenters. The van der Waals surface area contributed by atoms with Crippen LogP contribution < -0.4 is 20.1 Å². The number of carbonyl (C=O) groups is 2. The van der Waals surface area contributed by atoms with Gasteiger partial charge in [0.15, 0.2) is 4.96 Å². The number of amides is 2. The monoisotopic (exact) mass is 436 g/mol. The number of ether oxygens (including phenoxy) is 2. The van der Waals surface area contributed by atoms with Gasteiger partial charge in [-0.05, 0) is 12.1 Å². The van der Waals surface area contributed by atoms with Gasteiger partial charge in [-0.2, -0.15) is 0 Å². The van der Waals surface area contributed by atoms with Crippen LogP contribution in [0.25, 0.3) is 4.96 Å². The maximum Gasteiger partial charge on any atom is 0.255 e. The lowest BCUT2D eigenvalue weighted by molar-refractivity contribution is -0.115. The van der Waals surface area contributed by atoms with Crippen LogP contribution in [0, 0.1) is 0 Å². The third kappa shape index (κ3) is 4.51. The Bertz CT molecular complexity index is 1200. The number of imidazole rings is 1. The van der Waals surface area contributed by atoms with Crippen molar-refractivity contribution in [2.24, 2.45) is 0 Å². The first kappa shape index (κ1) is 20.4. The van der Waals surface area contributed by atoms with E-state index in [0.29, 0.717) is 34.1 Å². The summed E-state index contributed by atoms with van der Waals surface area (Å²) in [6.07, 6.45) is 3.84. The normalized spacial score (nSPS) is 10.6. The van der Waals surface area contributed by atoms with E-state index in [1.165, 1.54) is 25.6 Å². The number of aromatic nitrogens is 2. The van der Waals surface area contributed by atoms with Crippen molar-refractivity contribution >= 4 is 39.5 Å². The lowest BCUT2D eigenvalue weighted by Gasteiger charge is -2.16. The minimum atomic E-state index is -0.280. The Morgan fingerprint density at radius 2 is 1.71 bits per heavy atom. The van der Waals surface area contributed by atoms with Crippen LogP contribution in [0.3, 0.4) is 0 Å². The van der Waals surface area contributed by atoms with Gasteiger partial charge in [0.2, 0.25) is 5.91 Å². The standard InChI is InChI=1S/C22H20N4O4S/c1-29-18-12-17(25-21(28)14-6-4-3-5-7-14)19(30-2)11-16(18)24-20(27)10-15-13-26-8-9-31-22(26)23-15/h3-9,11-13H,10H2,1-2H3,(H,24,27)(H,25,28). The zero-order chi connectivity index (χ0) is 21.8. The highest BCUT2D eigenvalue weighted by Gasteiger charge is 2.17. The molecule has 9 heteroatoms. The summed E-state index contributed by atoms with van der Waals surface area (Å²) in [5.74, 6) is 0.260. The molecule has 2 N–H and O–H groups in total. The molecule has 0 aliphatic carbocycles. The number of hydrogen-bond donors (Lipinski definition) is 2. The first-order valence-electron chi connectivity index (χ1n) is 9.40.